The molecule has 0 spiro atoms. The number of fused-ring (bicyclic) bond motifs is 1. The summed E-state index contributed by atoms with van der Waals surface area (Å²) >= 11 is 13.4. The fraction of sp³-hybridized carbons (Fsp3) is 0.333. The van der Waals surface area contributed by atoms with Gasteiger partial charge in [-0.05, 0) is 44.2 Å². The minimum absolute atomic E-state index is 0.0408. The Bertz CT molecular complexity index is 940. The summed E-state index contributed by atoms with van der Waals surface area (Å²) in [4.78, 5) is 28.5. The third-order valence-electron chi connectivity index (χ3n) is 4.22. The Morgan fingerprint density at radius 2 is 2.07 bits per heavy atom. The van der Waals surface area contributed by atoms with Crippen LogP contribution in [-0.2, 0) is 17.6 Å². The second-order valence-corrected chi connectivity index (χ2v) is 7.85. The van der Waals surface area contributed by atoms with E-state index >= 15 is 0 Å². The van der Waals surface area contributed by atoms with Gasteiger partial charge in [0.2, 0.25) is 0 Å². The number of hydrogen-bond acceptors (Lipinski definition) is 6. The maximum absolute atomic E-state index is 12.4. The second kappa shape index (κ2) is 8.37. The van der Waals surface area contributed by atoms with Crippen LogP contribution in [-0.4, -0.2) is 23.7 Å². The van der Waals surface area contributed by atoms with Crippen molar-refractivity contribution in [1.29, 1.82) is 0 Å². The Morgan fingerprint density at radius 1 is 1.33 bits per heavy atom. The van der Waals surface area contributed by atoms with Crippen LogP contribution in [0.3, 0.4) is 0 Å². The highest BCUT2D eigenvalue weighted by atomic mass is 35.5. The summed E-state index contributed by atoms with van der Waals surface area (Å²) in [5.74, 6) is -0.391. The summed E-state index contributed by atoms with van der Waals surface area (Å²) in [7, 11) is 0. The number of aliphatic imine (C=N–C) groups is 1. The zero-order valence-corrected chi connectivity index (χ0v) is 16.8. The quantitative estimate of drug-likeness (QED) is 0.263. The standard InChI is InChI=1S/C18H16Cl2N2O4S/c1-2-26-18(23)16-11-5-3-4-6-15(11)27-17(16)21-9-10-7-14(22(24)25)13(20)8-12(10)19/h7-9H,2-6H2,1H3. The fourth-order valence-corrected chi connectivity index (χ4v) is 4.70. The molecule has 9 heteroatoms. The van der Waals surface area contributed by atoms with Crippen molar-refractivity contribution in [3.05, 3.63) is 53.9 Å². The van der Waals surface area contributed by atoms with Crippen LogP contribution in [0.5, 0.6) is 0 Å². The van der Waals surface area contributed by atoms with Crippen molar-refractivity contribution in [3.8, 4) is 0 Å². The van der Waals surface area contributed by atoms with Crippen molar-refractivity contribution in [2.24, 2.45) is 4.99 Å². The molecule has 0 saturated carbocycles. The zero-order valence-electron chi connectivity index (χ0n) is 14.5. The molecule has 1 aromatic heterocycles. The monoisotopic (exact) mass is 426 g/mol. The van der Waals surface area contributed by atoms with Gasteiger partial charge in [-0.25, -0.2) is 9.79 Å². The van der Waals surface area contributed by atoms with Crippen molar-refractivity contribution in [1.82, 2.24) is 0 Å². The third-order valence-corrected chi connectivity index (χ3v) is 6.05. The molecule has 2 aromatic rings. The van der Waals surface area contributed by atoms with E-state index in [1.807, 2.05) is 0 Å². The summed E-state index contributed by atoms with van der Waals surface area (Å²) in [5.41, 5.74) is 1.60. The van der Waals surface area contributed by atoms with E-state index in [4.69, 9.17) is 27.9 Å². The molecule has 0 N–H and O–H groups in total. The molecule has 142 valence electrons. The number of benzene rings is 1. The van der Waals surface area contributed by atoms with Crippen molar-refractivity contribution < 1.29 is 14.5 Å². The van der Waals surface area contributed by atoms with E-state index in [2.05, 4.69) is 4.99 Å². The number of nitrogens with zero attached hydrogens (tertiary/aromatic N) is 2. The summed E-state index contributed by atoms with van der Waals surface area (Å²) < 4.78 is 5.20. The third kappa shape index (κ3) is 4.15. The Balaban J connectivity index is 2.03. The molecule has 1 aliphatic rings. The molecule has 0 saturated heterocycles. The average Bonchev–Trinajstić information content (AvgIpc) is 2.99. The molecule has 1 aromatic carbocycles. The molecule has 0 radical (unpaired) electrons. The highest BCUT2D eigenvalue weighted by Gasteiger charge is 2.26. The van der Waals surface area contributed by atoms with Gasteiger partial charge in [0.05, 0.1) is 22.1 Å². The van der Waals surface area contributed by atoms with Gasteiger partial charge in [0.25, 0.3) is 5.69 Å². The first kappa shape index (κ1) is 19.8. The number of carbonyl (C=O) groups excluding carboxylic acids is 1. The van der Waals surface area contributed by atoms with Gasteiger partial charge in [-0.2, -0.15) is 0 Å². The molecular formula is C18H16Cl2N2O4S. The molecule has 6 nitrogen and oxygen atoms in total. The van der Waals surface area contributed by atoms with Crippen LogP contribution in [0.1, 0.15) is 46.1 Å². The summed E-state index contributed by atoms with van der Waals surface area (Å²) in [6.07, 6.45) is 5.26. The lowest BCUT2D eigenvalue weighted by Crippen LogP contribution is -2.09. The SMILES string of the molecule is CCOC(=O)c1c(N=Cc2cc([N+](=O)[O-])c(Cl)cc2Cl)sc2c1CCCC2. The van der Waals surface area contributed by atoms with Crippen molar-refractivity contribution in [2.45, 2.75) is 32.6 Å². The number of nitro groups is 1. The number of thiophene rings is 1. The molecule has 0 fully saturated rings. The lowest BCUT2D eigenvalue weighted by Gasteiger charge is -2.11. The lowest BCUT2D eigenvalue weighted by atomic mass is 9.95. The molecule has 0 bridgehead atoms. The van der Waals surface area contributed by atoms with Gasteiger partial charge in [-0.3, -0.25) is 10.1 Å². The molecule has 1 heterocycles. The number of esters is 1. The van der Waals surface area contributed by atoms with Crippen LogP contribution >= 0.6 is 34.5 Å². The average molecular weight is 427 g/mol. The largest absolute Gasteiger partial charge is 0.462 e. The van der Waals surface area contributed by atoms with Crippen LogP contribution in [0, 0.1) is 10.1 Å². The maximum atomic E-state index is 12.4. The van der Waals surface area contributed by atoms with Crippen LogP contribution in [0.25, 0.3) is 0 Å². The number of hydrogen-bond donors (Lipinski definition) is 0. The van der Waals surface area contributed by atoms with Crippen molar-refractivity contribution >= 4 is 57.4 Å². The highest BCUT2D eigenvalue weighted by molar-refractivity contribution is 7.16. The van der Waals surface area contributed by atoms with Crippen LogP contribution < -0.4 is 0 Å². The van der Waals surface area contributed by atoms with Gasteiger partial charge in [-0.15, -0.1) is 11.3 Å². The van der Waals surface area contributed by atoms with Crippen LogP contribution in [0.4, 0.5) is 10.7 Å². The Kier molecular flexibility index (Phi) is 6.14. The molecular weight excluding hydrogens is 411 g/mol. The van der Waals surface area contributed by atoms with E-state index < -0.39 is 10.9 Å². The lowest BCUT2D eigenvalue weighted by molar-refractivity contribution is -0.384. The van der Waals surface area contributed by atoms with Gasteiger partial charge >= 0.3 is 5.97 Å². The molecule has 0 aliphatic heterocycles. The van der Waals surface area contributed by atoms with E-state index in [9.17, 15) is 14.9 Å². The van der Waals surface area contributed by atoms with Gasteiger partial charge in [0.15, 0.2) is 0 Å². The molecule has 0 unspecified atom stereocenters. The number of ether oxygens (including phenoxy) is 1. The normalized spacial score (nSPS) is 13.6. The van der Waals surface area contributed by atoms with E-state index in [1.165, 1.54) is 29.7 Å². The zero-order chi connectivity index (χ0) is 19.6. The van der Waals surface area contributed by atoms with E-state index in [-0.39, 0.29) is 22.3 Å². The summed E-state index contributed by atoms with van der Waals surface area (Å²) in [6, 6.07) is 2.58. The number of carbonyl (C=O) groups is 1. The predicted octanol–water partition coefficient (Wildman–Crippen LogP) is 5.77. The summed E-state index contributed by atoms with van der Waals surface area (Å²) in [6.45, 7) is 2.04. The van der Waals surface area contributed by atoms with Gasteiger partial charge in [0.1, 0.15) is 10.0 Å². The number of nitro benzene ring substituents is 1. The van der Waals surface area contributed by atoms with E-state index in [0.717, 1.165) is 36.1 Å². The van der Waals surface area contributed by atoms with Crippen LogP contribution in [0.2, 0.25) is 10.0 Å². The number of halogens is 2. The Hall–Kier alpha value is -1.96. The fourth-order valence-electron chi connectivity index (χ4n) is 2.98. The highest BCUT2D eigenvalue weighted by Crippen LogP contribution is 2.40. The van der Waals surface area contributed by atoms with Gasteiger partial charge in [-0.1, -0.05) is 23.2 Å². The smallest absolute Gasteiger partial charge is 0.341 e. The molecule has 0 amide bonds. The molecule has 3 rings (SSSR count). The molecule has 0 atom stereocenters. The number of aryl methyl sites for hydroxylation is 1. The molecule has 1 aliphatic carbocycles. The Labute approximate surface area is 169 Å². The second-order valence-electron chi connectivity index (χ2n) is 5.95. The van der Waals surface area contributed by atoms with Gasteiger partial charge < -0.3 is 4.74 Å². The van der Waals surface area contributed by atoms with E-state index in [1.54, 1.807) is 6.92 Å². The minimum atomic E-state index is -0.579. The first-order valence-corrected chi connectivity index (χ1v) is 9.98. The van der Waals surface area contributed by atoms with E-state index in [0.29, 0.717) is 16.1 Å². The van der Waals surface area contributed by atoms with Gasteiger partial charge in [0, 0.05) is 22.7 Å². The van der Waals surface area contributed by atoms with Crippen molar-refractivity contribution in [3.63, 3.8) is 0 Å². The first-order valence-electron chi connectivity index (χ1n) is 8.41. The van der Waals surface area contributed by atoms with Crippen LogP contribution in [0.15, 0.2) is 17.1 Å². The first-order chi connectivity index (χ1) is 12.9. The topological polar surface area (TPSA) is 81.8 Å². The van der Waals surface area contributed by atoms with Crippen molar-refractivity contribution in [2.75, 3.05) is 6.61 Å². The Morgan fingerprint density at radius 3 is 2.78 bits per heavy atom. The summed E-state index contributed by atoms with van der Waals surface area (Å²) in [5, 5.41) is 11.8. The minimum Gasteiger partial charge on any atom is -0.462 e. The maximum Gasteiger partial charge on any atom is 0.341 e. The number of rotatable bonds is 5. The molecule has 27 heavy (non-hydrogen) atoms. The predicted molar refractivity (Wildman–Crippen MR) is 107 cm³/mol.